The highest BCUT2D eigenvalue weighted by Crippen LogP contribution is 2.20. The summed E-state index contributed by atoms with van der Waals surface area (Å²) in [6.07, 6.45) is 0.827. The van der Waals surface area contributed by atoms with E-state index in [0.717, 1.165) is 29.0 Å². The van der Waals surface area contributed by atoms with E-state index in [1.54, 1.807) is 24.3 Å². The molecule has 3 aromatic rings. The van der Waals surface area contributed by atoms with Crippen LogP contribution in [-0.4, -0.2) is 11.1 Å². The van der Waals surface area contributed by atoms with Crippen molar-refractivity contribution in [1.82, 2.24) is 10.5 Å². The summed E-state index contributed by atoms with van der Waals surface area (Å²) in [7, 11) is 0. The third kappa shape index (κ3) is 4.60. The van der Waals surface area contributed by atoms with Crippen molar-refractivity contribution in [3.8, 4) is 5.75 Å². The van der Waals surface area contributed by atoms with Crippen LogP contribution in [0.2, 0.25) is 0 Å². The zero-order valence-electron chi connectivity index (χ0n) is 16.8. The normalized spacial score (nSPS) is 11.9. The molecule has 1 amide bonds. The fourth-order valence-electron chi connectivity index (χ4n) is 3.03. The zero-order valence-corrected chi connectivity index (χ0v) is 16.8. The summed E-state index contributed by atoms with van der Waals surface area (Å²) in [5.74, 6) is 1.36. The number of rotatable bonds is 7. The van der Waals surface area contributed by atoms with Gasteiger partial charge in [0, 0.05) is 5.56 Å². The van der Waals surface area contributed by atoms with E-state index in [4.69, 9.17) is 9.26 Å². The average molecular weight is 378 g/mol. The van der Waals surface area contributed by atoms with Crippen molar-refractivity contribution >= 4 is 5.91 Å². The molecule has 0 radical (unpaired) electrons. The number of hydrogen-bond donors (Lipinski definition) is 1. The van der Waals surface area contributed by atoms with Crippen LogP contribution in [0.1, 0.15) is 57.9 Å². The monoisotopic (exact) mass is 378 g/mol. The Morgan fingerprint density at radius 3 is 2.32 bits per heavy atom. The highest BCUT2D eigenvalue weighted by molar-refractivity contribution is 5.94. The topological polar surface area (TPSA) is 64.4 Å². The molecule has 1 heterocycles. The fourth-order valence-corrected chi connectivity index (χ4v) is 3.03. The minimum Gasteiger partial charge on any atom is -0.489 e. The maximum atomic E-state index is 12.6. The highest BCUT2D eigenvalue weighted by atomic mass is 16.5. The molecule has 0 saturated carbocycles. The Kier molecular flexibility index (Phi) is 6.14. The van der Waals surface area contributed by atoms with Crippen molar-refractivity contribution in [2.24, 2.45) is 0 Å². The van der Waals surface area contributed by atoms with Gasteiger partial charge >= 0.3 is 0 Å². The lowest BCUT2D eigenvalue weighted by Crippen LogP contribution is -2.28. The van der Waals surface area contributed by atoms with Crippen molar-refractivity contribution in [2.45, 2.75) is 46.8 Å². The number of ether oxygens (including phenoxy) is 1. The Balaban J connectivity index is 1.62. The minimum absolute atomic E-state index is 0.0106. The molecule has 1 atom stereocenters. The quantitative estimate of drug-likeness (QED) is 0.624. The predicted octanol–water partition coefficient (Wildman–Crippen LogP) is 5.06. The number of carbonyl (C=O) groups is 1. The molecule has 5 heteroatoms. The van der Waals surface area contributed by atoms with Crippen LogP contribution in [-0.2, 0) is 6.61 Å². The van der Waals surface area contributed by atoms with Gasteiger partial charge < -0.3 is 14.6 Å². The molecule has 0 unspecified atom stereocenters. The minimum atomic E-state index is -0.0929. The zero-order chi connectivity index (χ0) is 20.1. The summed E-state index contributed by atoms with van der Waals surface area (Å²) < 4.78 is 10.9. The van der Waals surface area contributed by atoms with Gasteiger partial charge in [-0.15, -0.1) is 0 Å². The molecular formula is C23H26N2O3. The lowest BCUT2D eigenvalue weighted by atomic mass is 10.0. The van der Waals surface area contributed by atoms with Crippen molar-refractivity contribution in [3.63, 3.8) is 0 Å². The van der Waals surface area contributed by atoms with Gasteiger partial charge in [0.05, 0.1) is 17.3 Å². The van der Waals surface area contributed by atoms with E-state index in [1.165, 1.54) is 5.56 Å². The Labute approximate surface area is 165 Å². The largest absolute Gasteiger partial charge is 0.489 e. The van der Waals surface area contributed by atoms with E-state index >= 15 is 0 Å². The van der Waals surface area contributed by atoms with Crippen LogP contribution in [0, 0.1) is 20.8 Å². The molecule has 0 aliphatic carbocycles. The average Bonchev–Trinajstić information content (AvgIpc) is 3.03. The van der Waals surface area contributed by atoms with Gasteiger partial charge in [0.15, 0.2) is 0 Å². The lowest BCUT2D eigenvalue weighted by molar-refractivity contribution is 0.0935. The number of nitrogens with one attached hydrogen (secondary N) is 1. The number of hydrogen-bond acceptors (Lipinski definition) is 4. The molecule has 146 valence electrons. The van der Waals surface area contributed by atoms with Crippen molar-refractivity contribution in [3.05, 3.63) is 82.2 Å². The van der Waals surface area contributed by atoms with Gasteiger partial charge in [0.1, 0.15) is 18.1 Å². The first kappa shape index (κ1) is 19.7. The Bertz CT molecular complexity index is 908. The summed E-state index contributed by atoms with van der Waals surface area (Å²) in [6, 6.07) is 15.4. The van der Waals surface area contributed by atoms with Crippen molar-refractivity contribution in [2.75, 3.05) is 0 Å². The molecule has 28 heavy (non-hydrogen) atoms. The maximum Gasteiger partial charge on any atom is 0.251 e. The van der Waals surface area contributed by atoms with Crippen LogP contribution in [0.4, 0.5) is 0 Å². The number of benzene rings is 2. The number of aryl methyl sites for hydroxylation is 3. The SMILES string of the molecule is CC[C@H](NC(=O)c1ccc(OCc2c(C)noc2C)cc1)c1ccc(C)cc1. The van der Waals surface area contributed by atoms with Gasteiger partial charge in [-0.3, -0.25) is 4.79 Å². The van der Waals surface area contributed by atoms with Crippen LogP contribution in [0.15, 0.2) is 53.1 Å². The fraction of sp³-hybridized carbons (Fsp3) is 0.304. The summed E-state index contributed by atoms with van der Waals surface area (Å²) in [4.78, 5) is 12.6. The molecule has 2 aromatic carbocycles. The van der Waals surface area contributed by atoms with Gasteiger partial charge in [0.2, 0.25) is 0 Å². The van der Waals surface area contributed by atoms with E-state index in [2.05, 4.69) is 48.6 Å². The maximum absolute atomic E-state index is 12.6. The van der Waals surface area contributed by atoms with E-state index < -0.39 is 0 Å². The van der Waals surface area contributed by atoms with E-state index in [0.29, 0.717) is 17.9 Å². The van der Waals surface area contributed by atoms with E-state index in [-0.39, 0.29) is 11.9 Å². The smallest absolute Gasteiger partial charge is 0.251 e. The molecule has 0 bridgehead atoms. The summed E-state index contributed by atoms with van der Waals surface area (Å²) >= 11 is 0. The predicted molar refractivity (Wildman–Crippen MR) is 108 cm³/mol. The van der Waals surface area contributed by atoms with Crippen LogP contribution in [0.3, 0.4) is 0 Å². The molecule has 3 rings (SSSR count). The van der Waals surface area contributed by atoms with Crippen LogP contribution >= 0.6 is 0 Å². The Morgan fingerprint density at radius 2 is 1.75 bits per heavy atom. The molecule has 5 nitrogen and oxygen atoms in total. The highest BCUT2D eigenvalue weighted by Gasteiger charge is 2.14. The molecule has 0 saturated heterocycles. The summed E-state index contributed by atoms with van der Waals surface area (Å²) in [5, 5.41) is 7.03. The molecule has 0 fully saturated rings. The van der Waals surface area contributed by atoms with Crippen LogP contribution < -0.4 is 10.1 Å². The molecule has 0 spiro atoms. The van der Waals surface area contributed by atoms with Gasteiger partial charge in [-0.25, -0.2) is 0 Å². The number of amides is 1. The molecular weight excluding hydrogens is 352 g/mol. The summed E-state index contributed by atoms with van der Waals surface area (Å²) in [6.45, 7) is 8.26. The van der Waals surface area contributed by atoms with Gasteiger partial charge in [-0.2, -0.15) is 0 Å². The van der Waals surface area contributed by atoms with Crippen molar-refractivity contribution in [1.29, 1.82) is 0 Å². The lowest BCUT2D eigenvalue weighted by Gasteiger charge is -2.18. The van der Waals surface area contributed by atoms with E-state index in [1.807, 2.05) is 13.8 Å². The number of carbonyl (C=O) groups excluding carboxylic acids is 1. The second-order valence-electron chi connectivity index (χ2n) is 6.96. The Morgan fingerprint density at radius 1 is 1.07 bits per heavy atom. The molecule has 0 aliphatic heterocycles. The van der Waals surface area contributed by atoms with Crippen LogP contribution in [0.25, 0.3) is 0 Å². The Hall–Kier alpha value is -3.08. The first-order valence-electron chi connectivity index (χ1n) is 9.50. The van der Waals surface area contributed by atoms with Gasteiger partial charge in [0.25, 0.3) is 5.91 Å². The number of nitrogens with zero attached hydrogens (tertiary/aromatic N) is 1. The van der Waals surface area contributed by atoms with Crippen molar-refractivity contribution < 1.29 is 14.1 Å². The third-order valence-corrected chi connectivity index (χ3v) is 4.87. The molecule has 1 aromatic heterocycles. The molecule has 1 N–H and O–H groups in total. The van der Waals surface area contributed by atoms with Gasteiger partial charge in [-0.05, 0) is 57.0 Å². The standard InChI is InChI=1S/C23H26N2O3/c1-5-22(18-8-6-15(2)7-9-18)24-23(26)19-10-12-20(13-11-19)27-14-21-16(3)25-28-17(21)4/h6-13,22H,5,14H2,1-4H3,(H,24,26)/t22-/m0/s1. The second-order valence-corrected chi connectivity index (χ2v) is 6.96. The van der Waals surface area contributed by atoms with E-state index in [9.17, 15) is 4.79 Å². The first-order chi connectivity index (χ1) is 13.5. The number of aromatic nitrogens is 1. The van der Waals surface area contributed by atoms with Gasteiger partial charge in [-0.1, -0.05) is 41.9 Å². The first-order valence-corrected chi connectivity index (χ1v) is 9.50. The summed E-state index contributed by atoms with van der Waals surface area (Å²) in [5.41, 5.74) is 4.70. The molecule has 0 aliphatic rings. The van der Waals surface area contributed by atoms with Crippen LogP contribution in [0.5, 0.6) is 5.75 Å². The third-order valence-electron chi connectivity index (χ3n) is 4.87. The second kappa shape index (κ2) is 8.74.